The molecule has 3 rings (SSSR count). The van der Waals surface area contributed by atoms with E-state index < -0.39 is 0 Å². The Morgan fingerprint density at radius 1 is 1.00 bits per heavy atom. The Labute approximate surface area is 118 Å². The van der Waals surface area contributed by atoms with E-state index in [1.165, 1.54) is 0 Å². The molecule has 0 radical (unpaired) electrons. The van der Waals surface area contributed by atoms with Gasteiger partial charge in [-0.1, -0.05) is 25.1 Å². The molecule has 0 N–H and O–H groups in total. The van der Waals surface area contributed by atoms with Gasteiger partial charge in [0.15, 0.2) is 11.3 Å². The molecule has 0 bridgehead atoms. The van der Waals surface area contributed by atoms with Crippen molar-refractivity contribution in [1.82, 2.24) is 4.98 Å². The molecule has 20 heavy (non-hydrogen) atoms. The predicted molar refractivity (Wildman–Crippen MR) is 80.9 cm³/mol. The van der Waals surface area contributed by atoms with Crippen LogP contribution < -0.4 is 9.30 Å². The van der Waals surface area contributed by atoms with Crippen molar-refractivity contribution in [3.05, 3.63) is 42.5 Å². The number of hydrogen-bond acceptors (Lipinski definition) is 2. The van der Waals surface area contributed by atoms with Gasteiger partial charge in [0, 0.05) is 12.1 Å². The van der Waals surface area contributed by atoms with Crippen molar-refractivity contribution in [2.75, 3.05) is 6.61 Å². The number of fused-ring (bicyclic) bond motifs is 2. The van der Waals surface area contributed by atoms with Crippen molar-refractivity contribution in [2.24, 2.45) is 0 Å². The fourth-order valence-electron chi connectivity index (χ4n) is 2.55. The monoisotopic (exact) mass is 267 g/mol. The van der Waals surface area contributed by atoms with Crippen LogP contribution in [0.4, 0.5) is 0 Å². The first-order chi connectivity index (χ1) is 9.85. The highest BCUT2D eigenvalue weighted by molar-refractivity contribution is 5.85. The summed E-state index contributed by atoms with van der Waals surface area (Å²) in [5.74, 6) is 0.873. The number of para-hydroxylation sites is 3. The summed E-state index contributed by atoms with van der Waals surface area (Å²) in [7, 11) is 0. The predicted octanol–water partition coefficient (Wildman–Crippen LogP) is 3.48. The van der Waals surface area contributed by atoms with Gasteiger partial charge in [-0.2, -0.15) is 4.57 Å². The number of aromatic nitrogens is 2. The van der Waals surface area contributed by atoms with E-state index in [2.05, 4.69) is 42.7 Å². The van der Waals surface area contributed by atoms with Gasteiger partial charge in [-0.05, 0) is 25.5 Å². The van der Waals surface area contributed by atoms with E-state index in [0.29, 0.717) is 0 Å². The molecule has 0 aliphatic heterocycles. The van der Waals surface area contributed by atoms with Crippen LogP contribution in [0.25, 0.3) is 22.1 Å². The summed E-state index contributed by atoms with van der Waals surface area (Å²) in [6.07, 6.45) is 0.998. The highest BCUT2D eigenvalue weighted by Gasteiger charge is 2.17. The number of hydrogen-bond donors (Lipinski definition) is 0. The molecule has 0 unspecified atom stereocenters. The largest absolute Gasteiger partial charge is 0.491 e. The van der Waals surface area contributed by atoms with Crippen molar-refractivity contribution in [2.45, 2.75) is 26.8 Å². The maximum Gasteiger partial charge on any atom is 0.235 e. The van der Waals surface area contributed by atoms with Crippen LogP contribution in [0.3, 0.4) is 0 Å². The van der Waals surface area contributed by atoms with Crippen LogP contribution in [0, 0.1) is 0 Å². The number of aryl methyl sites for hydroxylation is 1. The van der Waals surface area contributed by atoms with Gasteiger partial charge in [0.25, 0.3) is 0 Å². The number of rotatable bonds is 4. The van der Waals surface area contributed by atoms with Crippen molar-refractivity contribution in [1.29, 1.82) is 0 Å². The highest BCUT2D eigenvalue weighted by atomic mass is 16.5. The number of ether oxygens (including phenoxy) is 1. The third kappa shape index (κ3) is 2.09. The van der Waals surface area contributed by atoms with E-state index in [4.69, 9.17) is 9.72 Å². The Hall–Kier alpha value is -2.16. The number of nitrogens with zero attached hydrogens (tertiary/aromatic N) is 2. The molecule has 2 aromatic carbocycles. The summed E-state index contributed by atoms with van der Waals surface area (Å²) < 4.78 is 8.13. The maximum atomic E-state index is 5.84. The summed E-state index contributed by atoms with van der Waals surface area (Å²) in [5, 5.41) is 0. The lowest BCUT2D eigenvalue weighted by molar-refractivity contribution is -0.641. The summed E-state index contributed by atoms with van der Waals surface area (Å²) >= 11 is 0. The summed E-state index contributed by atoms with van der Waals surface area (Å²) in [6.45, 7) is 5.90. The Morgan fingerprint density at radius 3 is 2.60 bits per heavy atom. The molecule has 1 heterocycles. The SMILES string of the molecule is CCCOc1cccc2c1nc1ccccc1[n+]2CC. The first-order valence-corrected chi connectivity index (χ1v) is 7.19. The van der Waals surface area contributed by atoms with Crippen molar-refractivity contribution >= 4 is 22.1 Å². The van der Waals surface area contributed by atoms with Crippen LogP contribution in [0.5, 0.6) is 5.75 Å². The van der Waals surface area contributed by atoms with Gasteiger partial charge in [0.2, 0.25) is 11.0 Å². The second kappa shape index (κ2) is 5.45. The molecule has 102 valence electrons. The molecule has 1 aromatic heterocycles. The fourth-order valence-corrected chi connectivity index (χ4v) is 2.55. The quantitative estimate of drug-likeness (QED) is 0.534. The van der Waals surface area contributed by atoms with Gasteiger partial charge in [0.1, 0.15) is 12.1 Å². The standard InChI is InChI=1S/C17H19N2O/c1-3-12-20-16-11-7-10-15-17(16)18-13-8-5-6-9-14(13)19(15)4-2/h5-11H,3-4,12H2,1-2H3/q+1. The molecular weight excluding hydrogens is 248 g/mol. The molecular formula is C17H19N2O+. The first-order valence-electron chi connectivity index (χ1n) is 7.19. The average molecular weight is 267 g/mol. The minimum Gasteiger partial charge on any atom is -0.491 e. The smallest absolute Gasteiger partial charge is 0.235 e. The van der Waals surface area contributed by atoms with Crippen LogP contribution in [0.15, 0.2) is 42.5 Å². The second-order valence-corrected chi connectivity index (χ2v) is 4.82. The lowest BCUT2D eigenvalue weighted by atomic mass is 10.2. The Kier molecular flexibility index (Phi) is 3.50. The zero-order valence-corrected chi connectivity index (χ0v) is 12.0. The minimum absolute atomic E-state index is 0.722. The van der Waals surface area contributed by atoms with Crippen LogP contribution in [0.2, 0.25) is 0 Å². The van der Waals surface area contributed by atoms with E-state index in [1.54, 1.807) is 0 Å². The fraction of sp³-hybridized carbons (Fsp3) is 0.294. The van der Waals surface area contributed by atoms with Crippen LogP contribution >= 0.6 is 0 Å². The second-order valence-electron chi connectivity index (χ2n) is 4.82. The van der Waals surface area contributed by atoms with Crippen molar-refractivity contribution < 1.29 is 9.30 Å². The average Bonchev–Trinajstić information content (AvgIpc) is 2.50. The molecule has 0 amide bonds. The molecule has 0 spiro atoms. The molecule has 0 saturated carbocycles. The molecule has 3 heteroatoms. The molecule has 0 saturated heterocycles. The van der Waals surface area contributed by atoms with Gasteiger partial charge >= 0.3 is 0 Å². The van der Waals surface area contributed by atoms with Crippen molar-refractivity contribution in [3.63, 3.8) is 0 Å². The summed E-state index contributed by atoms with van der Waals surface area (Å²) in [4.78, 5) is 4.79. The van der Waals surface area contributed by atoms with Gasteiger partial charge in [-0.15, -0.1) is 0 Å². The third-order valence-corrected chi connectivity index (χ3v) is 3.45. The van der Waals surface area contributed by atoms with E-state index in [9.17, 15) is 0 Å². The van der Waals surface area contributed by atoms with Crippen LogP contribution in [0.1, 0.15) is 20.3 Å². The molecule has 0 fully saturated rings. The Balaban J connectivity index is 2.33. The van der Waals surface area contributed by atoms with Crippen molar-refractivity contribution in [3.8, 4) is 5.75 Å². The summed E-state index contributed by atoms with van der Waals surface area (Å²) in [5.41, 5.74) is 4.24. The molecule has 0 atom stereocenters. The van der Waals surface area contributed by atoms with E-state index in [-0.39, 0.29) is 0 Å². The Bertz CT molecular complexity index is 752. The van der Waals surface area contributed by atoms with Crippen LogP contribution in [-0.4, -0.2) is 11.6 Å². The van der Waals surface area contributed by atoms with E-state index in [1.807, 2.05) is 18.2 Å². The molecule has 0 aliphatic rings. The lowest BCUT2D eigenvalue weighted by Crippen LogP contribution is -2.34. The van der Waals surface area contributed by atoms with Gasteiger partial charge in [-0.25, -0.2) is 4.98 Å². The van der Waals surface area contributed by atoms with E-state index >= 15 is 0 Å². The van der Waals surface area contributed by atoms with Crippen LogP contribution in [-0.2, 0) is 6.54 Å². The maximum absolute atomic E-state index is 5.84. The minimum atomic E-state index is 0.722. The van der Waals surface area contributed by atoms with Gasteiger partial charge in [0.05, 0.1) is 6.61 Å². The Morgan fingerprint density at radius 2 is 1.80 bits per heavy atom. The lowest BCUT2D eigenvalue weighted by Gasteiger charge is -2.08. The molecule has 3 nitrogen and oxygen atoms in total. The number of benzene rings is 2. The van der Waals surface area contributed by atoms with E-state index in [0.717, 1.165) is 47.4 Å². The van der Waals surface area contributed by atoms with Gasteiger partial charge in [-0.3, -0.25) is 0 Å². The zero-order chi connectivity index (χ0) is 13.9. The zero-order valence-electron chi connectivity index (χ0n) is 12.0. The molecule has 3 aromatic rings. The first kappa shape index (κ1) is 12.9. The summed E-state index contributed by atoms with van der Waals surface area (Å²) in [6, 6.07) is 14.4. The molecule has 0 aliphatic carbocycles. The topological polar surface area (TPSA) is 26.0 Å². The highest BCUT2D eigenvalue weighted by Crippen LogP contribution is 2.24. The third-order valence-electron chi connectivity index (χ3n) is 3.45. The van der Waals surface area contributed by atoms with Gasteiger partial charge < -0.3 is 4.74 Å². The normalized spacial score (nSPS) is 11.1.